The van der Waals surface area contributed by atoms with Crippen molar-refractivity contribution >= 4 is 67.1 Å². The highest BCUT2D eigenvalue weighted by Crippen LogP contribution is 2.41. The van der Waals surface area contributed by atoms with Gasteiger partial charge < -0.3 is 15.2 Å². The molecule has 4 aromatic rings. The summed E-state index contributed by atoms with van der Waals surface area (Å²) in [6.07, 6.45) is 0.505. The maximum Gasteiger partial charge on any atom is 0.298 e. The van der Waals surface area contributed by atoms with Crippen LogP contribution in [0.5, 0.6) is 11.5 Å². The van der Waals surface area contributed by atoms with Crippen LogP contribution in [-0.4, -0.2) is 31.1 Å². The van der Waals surface area contributed by atoms with Gasteiger partial charge in [-0.3, -0.25) is 9.35 Å². The minimum Gasteiger partial charge on any atom is -0.505 e. The van der Waals surface area contributed by atoms with Crippen LogP contribution in [0, 0.1) is 0 Å². The normalized spacial score (nSPS) is 11.7. The lowest BCUT2D eigenvalue weighted by atomic mass is 10.0. The van der Waals surface area contributed by atoms with Crippen LogP contribution in [0.3, 0.4) is 0 Å². The zero-order valence-corrected chi connectivity index (χ0v) is 22.4. The summed E-state index contributed by atoms with van der Waals surface area (Å²) in [7, 11) is -3.28. The number of amides is 1. The van der Waals surface area contributed by atoms with Crippen molar-refractivity contribution in [3.63, 3.8) is 0 Å². The number of nitrogens with one attached hydrogen (secondary N) is 1. The largest absolute Gasteiger partial charge is 0.505 e. The van der Waals surface area contributed by atoms with Crippen LogP contribution in [0.15, 0.2) is 75.8 Å². The maximum atomic E-state index is 13.2. The molecule has 0 saturated carbocycles. The highest BCUT2D eigenvalue weighted by molar-refractivity contribution is 7.86. The van der Waals surface area contributed by atoms with Gasteiger partial charge in [0.1, 0.15) is 22.0 Å². The number of halogens is 2. The minimum absolute atomic E-state index is 0.0932. The van der Waals surface area contributed by atoms with Crippen LogP contribution in [0.25, 0.3) is 10.8 Å². The van der Waals surface area contributed by atoms with E-state index < -0.39 is 26.7 Å². The Morgan fingerprint density at radius 3 is 2.45 bits per heavy atom. The van der Waals surface area contributed by atoms with Gasteiger partial charge in [-0.05, 0) is 47.7 Å². The number of rotatable bonds is 7. The van der Waals surface area contributed by atoms with Gasteiger partial charge in [-0.2, -0.15) is 8.42 Å². The number of fused-ring (bicyclic) bond motifs is 1. The standard InChI is InChI=1S/C26H21Cl2N3O6S/c1-3-14-10-20(28)25(38(34,35)36)22(11-14)30-31-23-17-7-5-4-6-15(17)12-18(24(23)32)26(33)29-21-13-16(37-2)8-9-19(21)27/h4-13,32H,3H2,1-2H3,(H,29,33)(H,34,35,36). The lowest BCUT2D eigenvalue weighted by molar-refractivity contribution is 0.102. The molecule has 4 aromatic carbocycles. The molecule has 0 heterocycles. The summed E-state index contributed by atoms with van der Waals surface area (Å²) < 4.78 is 38.9. The number of carbonyl (C=O) groups excluding carboxylic acids is 1. The van der Waals surface area contributed by atoms with Crippen molar-refractivity contribution in [2.75, 3.05) is 12.4 Å². The third-order valence-electron chi connectivity index (χ3n) is 5.67. The Labute approximate surface area is 228 Å². The lowest BCUT2D eigenvalue weighted by Crippen LogP contribution is -2.12. The van der Waals surface area contributed by atoms with E-state index in [0.29, 0.717) is 28.5 Å². The summed E-state index contributed by atoms with van der Waals surface area (Å²) in [5.74, 6) is -0.728. The maximum absolute atomic E-state index is 13.2. The fourth-order valence-electron chi connectivity index (χ4n) is 3.78. The van der Waals surface area contributed by atoms with Gasteiger partial charge in [0, 0.05) is 11.5 Å². The van der Waals surface area contributed by atoms with Gasteiger partial charge in [0.05, 0.1) is 28.4 Å². The number of phenols is 1. The molecule has 0 saturated heterocycles. The summed E-state index contributed by atoms with van der Waals surface area (Å²) in [6.45, 7) is 1.83. The van der Waals surface area contributed by atoms with E-state index in [1.54, 1.807) is 36.4 Å². The van der Waals surface area contributed by atoms with Gasteiger partial charge in [-0.15, -0.1) is 10.2 Å². The number of carbonyl (C=O) groups is 1. The van der Waals surface area contributed by atoms with Crippen molar-refractivity contribution < 1.29 is 27.6 Å². The molecule has 0 fully saturated rings. The molecule has 0 aliphatic heterocycles. The van der Waals surface area contributed by atoms with Gasteiger partial charge in [0.15, 0.2) is 5.75 Å². The molecule has 3 N–H and O–H groups in total. The number of hydrogen-bond acceptors (Lipinski definition) is 7. The molecule has 196 valence electrons. The summed E-state index contributed by atoms with van der Waals surface area (Å²) in [5.41, 5.74) is 0.457. The molecule has 0 spiro atoms. The molecule has 0 aliphatic carbocycles. The second-order valence-electron chi connectivity index (χ2n) is 8.10. The third-order valence-corrected chi connectivity index (χ3v) is 7.35. The van der Waals surface area contributed by atoms with E-state index in [-0.39, 0.29) is 32.7 Å². The van der Waals surface area contributed by atoms with Gasteiger partial charge in [0.25, 0.3) is 16.0 Å². The number of anilines is 1. The Kier molecular flexibility index (Phi) is 7.89. The number of azo groups is 1. The van der Waals surface area contributed by atoms with E-state index in [1.807, 2.05) is 6.92 Å². The zero-order chi connectivity index (χ0) is 27.6. The Morgan fingerprint density at radius 2 is 1.76 bits per heavy atom. The molecule has 12 heteroatoms. The van der Waals surface area contributed by atoms with Crippen LogP contribution in [-0.2, 0) is 16.5 Å². The molecule has 4 rings (SSSR count). The summed E-state index contributed by atoms with van der Waals surface area (Å²) in [6, 6.07) is 15.8. The SMILES string of the molecule is CCc1cc(Cl)c(S(=O)(=O)O)c(N=Nc2c(O)c(C(=O)Nc3cc(OC)ccc3Cl)cc3ccccc23)c1. The fraction of sp³-hybridized carbons (Fsp3) is 0.115. The van der Waals surface area contributed by atoms with E-state index >= 15 is 0 Å². The molecule has 0 bridgehead atoms. The van der Waals surface area contributed by atoms with Gasteiger partial charge in [-0.25, -0.2) is 0 Å². The van der Waals surface area contributed by atoms with E-state index in [0.717, 1.165) is 0 Å². The van der Waals surface area contributed by atoms with Crippen molar-refractivity contribution in [1.82, 2.24) is 0 Å². The molecule has 0 radical (unpaired) electrons. The van der Waals surface area contributed by atoms with E-state index in [1.165, 1.54) is 31.4 Å². The highest BCUT2D eigenvalue weighted by Gasteiger charge is 2.23. The second-order valence-corrected chi connectivity index (χ2v) is 10.3. The number of aryl methyl sites for hydroxylation is 1. The van der Waals surface area contributed by atoms with E-state index in [4.69, 9.17) is 27.9 Å². The Bertz CT molecular complexity index is 1710. The topological polar surface area (TPSA) is 138 Å². The molecule has 38 heavy (non-hydrogen) atoms. The van der Waals surface area contributed by atoms with Crippen LogP contribution in [0.1, 0.15) is 22.8 Å². The first-order valence-electron chi connectivity index (χ1n) is 11.1. The fourth-order valence-corrected chi connectivity index (χ4v) is 5.14. The van der Waals surface area contributed by atoms with Gasteiger partial charge in [-0.1, -0.05) is 54.4 Å². The highest BCUT2D eigenvalue weighted by atomic mass is 35.5. The van der Waals surface area contributed by atoms with Gasteiger partial charge >= 0.3 is 0 Å². The van der Waals surface area contributed by atoms with Crippen molar-refractivity contribution in [2.45, 2.75) is 18.2 Å². The number of aromatic hydroxyl groups is 1. The molecule has 0 atom stereocenters. The number of benzene rings is 4. The Morgan fingerprint density at radius 1 is 1.03 bits per heavy atom. The average Bonchev–Trinajstić information content (AvgIpc) is 2.87. The van der Waals surface area contributed by atoms with Crippen molar-refractivity contribution in [1.29, 1.82) is 0 Å². The van der Waals surface area contributed by atoms with Crippen LogP contribution in [0.4, 0.5) is 17.1 Å². The lowest BCUT2D eigenvalue weighted by Gasteiger charge is -2.13. The van der Waals surface area contributed by atoms with Crippen LogP contribution < -0.4 is 10.1 Å². The van der Waals surface area contributed by atoms with E-state index in [2.05, 4.69) is 15.5 Å². The quantitative estimate of drug-likeness (QED) is 0.156. The Hall–Kier alpha value is -3.70. The smallest absolute Gasteiger partial charge is 0.298 e. The number of phenolic OH excluding ortho intramolecular Hbond substituents is 1. The molecule has 1 amide bonds. The van der Waals surface area contributed by atoms with Crippen molar-refractivity contribution in [2.24, 2.45) is 10.2 Å². The molecular formula is C26H21Cl2N3O6S. The number of ether oxygens (including phenoxy) is 1. The molecule has 9 nitrogen and oxygen atoms in total. The molecule has 0 aliphatic rings. The first-order chi connectivity index (χ1) is 18.0. The molecule has 0 unspecified atom stereocenters. The third kappa shape index (κ3) is 5.58. The van der Waals surface area contributed by atoms with Crippen molar-refractivity contribution in [3.05, 3.63) is 81.8 Å². The van der Waals surface area contributed by atoms with Crippen LogP contribution >= 0.6 is 23.2 Å². The first kappa shape index (κ1) is 27.3. The predicted molar refractivity (Wildman–Crippen MR) is 146 cm³/mol. The molecule has 0 aromatic heterocycles. The van der Waals surface area contributed by atoms with Gasteiger partial charge in [0.2, 0.25) is 0 Å². The summed E-state index contributed by atoms with van der Waals surface area (Å²) in [4.78, 5) is 12.6. The molecular weight excluding hydrogens is 553 g/mol. The monoisotopic (exact) mass is 573 g/mol. The second kappa shape index (κ2) is 11.0. The number of methoxy groups -OCH3 is 1. The minimum atomic E-state index is -4.75. The first-order valence-corrected chi connectivity index (χ1v) is 13.3. The zero-order valence-electron chi connectivity index (χ0n) is 20.1. The number of hydrogen-bond donors (Lipinski definition) is 3. The predicted octanol–water partition coefficient (Wildman–Crippen LogP) is 7.34. The summed E-state index contributed by atoms with van der Waals surface area (Å²) >= 11 is 12.3. The van der Waals surface area contributed by atoms with E-state index in [9.17, 15) is 22.9 Å². The van der Waals surface area contributed by atoms with Crippen molar-refractivity contribution in [3.8, 4) is 11.5 Å². The number of nitrogens with zero attached hydrogens (tertiary/aromatic N) is 2. The average molecular weight is 574 g/mol. The Balaban J connectivity index is 1.85. The van der Waals surface area contributed by atoms with Crippen LogP contribution in [0.2, 0.25) is 10.0 Å². The summed E-state index contributed by atoms with van der Waals surface area (Å²) in [5, 5.41) is 22.9.